The molecule has 0 saturated carbocycles. The zero-order valence-electron chi connectivity index (χ0n) is 9.93. The van der Waals surface area contributed by atoms with Crippen LogP contribution in [0.3, 0.4) is 0 Å². The monoisotopic (exact) mass is 235 g/mol. The molecule has 4 heteroatoms. The van der Waals surface area contributed by atoms with Gasteiger partial charge in [-0.3, -0.25) is 4.79 Å². The van der Waals surface area contributed by atoms with Crippen molar-refractivity contribution in [3.63, 3.8) is 0 Å². The van der Waals surface area contributed by atoms with Crippen molar-refractivity contribution in [3.05, 3.63) is 29.8 Å². The number of amides is 1. The van der Waals surface area contributed by atoms with Gasteiger partial charge >= 0.3 is 0 Å². The van der Waals surface area contributed by atoms with E-state index in [0.29, 0.717) is 11.3 Å². The number of carbonyl (C=O) groups excluding carboxylic acids is 1. The molecular weight excluding hydrogens is 218 g/mol. The standard InChI is InChI=1S/C13H17NO3/c1-17-12-6-2-4-10(8-12)13(16)14-7-3-5-11(14)9-15/h2,4,6,8,11,15H,3,5,7,9H2,1H3/t11-/m1/s1. The molecule has 0 spiro atoms. The van der Waals surface area contributed by atoms with Crippen molar-refractivity contribution in [1.29, 1.82) is 0 Å². The van der Waals surface area contributed by atoms with Gasteiger partial charge in [-0.25, -0.2) is 0 Å². The number of nitrogens with zero attached hydrogens (tertiary/aromatic N) is 1. The highest BCUT2D eigenvalue weighted by Crippen LogP contribution is 2.21. The molecule has 0 aromatic heterocycles. The molecule has 17 heavy (non-hydrogen) atoms. The van der Waals surface area contributed by atoms with Crippen LogP contribution in [0.5, 0.6) is 5.75 Å². The molecule has 1 aromatic rings. The number of ether oxygens (including phenoxy) is 1. The summed E-state index contributed by atoms with van der Waals surface area (Å²) in [5.74, 6) is 0.649. The van der Waals surface area contributed by atoms with Crippen LogP contribution in [0.2, 0.25) is 0 Å². The predicted molar refractivity (Wildman–Crippen MR) is 64.1 cm³/mol. The van der Waals surface area contributed by atoms with Gasteiger partial charge in [0.1, 0.15) is 5.75 Å². The van der Waals surface area contributed by atoms with E-state index >= 15 is 0 Å². The maximum absolute atomic E-state index is 12.2. The molecule has 1 atom stereocenters. The molecule has 0 bridgehead atoms. The molecule has 1 heterocycles. The second-order valence-electron chi connectivity index (χ2n) is 4.21. The topological polar surface area (TPSA) is 49.8 Å². The molecular formula is C13H17NO3. The molecule has 2 rings (SSSR count). The highest BCUT2D eigenvalue weighted by Gasteiger charge is 2.28. The van der Waals surface area contributed by atoms with Crippen LogP contribution in [-0.4, -0.2) is 42.2 Å². The molecule has 1 amide bonds. The number of benzene rings is 1. The summed E-state index contributed by atoms with van der Waals surface area (Å²) >= 11 is 0. The Labute approximate surface area is 101 Å². The SMILES string of the molecule is COc1cccc(C(=O)N2CCC[C@@H]2CO)c1. The number of hydrogen-bond acceptors (Lipinski definition) is 3. The van der Waals surface area contributed by atoms with E-state index in [0.717, 1.165) is 19.4 Å². The number of likely N-dealkylation sites (tertiary alicyclic amines) is 1. The van der Waals surface area contributed by atoms with Crippen molar-refractivity contribution in [2.45, 2.75) is 18.9 Å². The van der Waals surface area contributed by atoms with Crippen LogP contribution in [0, 0.1) is 0 Å². The van der Waals surface area contributed by atoms with Crippen LogP contribution < -0.4 is 4.74 Å². The maximum atomic E-state index is 12.2. The molecule has 0 aliphatic carbocycles. The quantitative estimate of drug-likeness (QED) is 0.859. The maximum Gasteiger partial charge on any atom is 0.254 e. The van der Waals surface area contributed by atoms with Gasteiger partial charge in [0.2, 0.25) is 0 Å². The van der Waals surface area contributed by atoms with Crippen LogP contribution in [0.25, 0.3) is 0 Å². The third kappa shape index (κ3) is 2.42. The second-order valence-corrected chi connectivity index (χ2v) is 4.21. The minimum atomic E-state index is -0.0336. The highest BCUT2D eigenvalue weighted by molar-refractivity contribution is 5.95. The van der Waals surface area contributed by atoms with Crippen molar-refractivity contribution >= 4 is 5.91 Å². The predicted octanol–water partition coefficient (Wildman–Crippen LogP) is 1.29. The average molecular weight is 235 g/mol. The summed E-state index contributed by atoms with van der Waals surface area (Å²) < 4.78 is 5.10. The van der Waals surface area contributed by atoms with E-state index in [4.69, 9.17) is 4.74 Å². The fourth-order valence-electron chi connectivity index (χ4n) is 2.21. The number of methoxy groups -OCH3 is 1. The lowest BCUT2D eigenvalue weighted by Crippen LogP contribution is -2.37. The molecule has 92 valence electrons. The van der Waals surface area contributed by atoms with Gasteiger partial charge in [-0.2, -0.15) is 0 Å². The van der Waals surface area contributed by atoms with Gasteiger partial charge in [0.05, 0.1) is 19.8 Å². The lowest BCUT2D eigenvalue weighted by Gasteiger charge is -2.23. The average Bonchev–Trinajstić information content (AvgIpc) is 2.86. The van der Waals surface area contributed by atoms with Gasteiger partial charge < -0.3 is 14.7 Å². The van der Waals surface area contributed by atoms with Crippen molar-refractivity contribution in [1.82, 2.24) is 4.90 Å². The summed E-state index contributed by atoms with van der Waals surface area (Å²) in [6.45, 7) is 0.761. The van der Waals surface area contributed by atoms with E-state index in [2.05, 4.69) is 0 Å². The van der Waals surface area contributed by atoms with Gasteiger partial charge in [0, 0.05) is 12.1 Å². The van der Waals surface area contributed by atoms with E-state index < -0.39 is 0 Å². The number of aliphatic hydroxyl groups is 1. The van der Waals surface area contributed by atoms with E-state index in [-0.39, 0.29) is 18.6 Å². The largest absolute Gasteiger partial charge is 0.497 e. The Morgan fingerprint density at radius 2 is 2.41 bits per heavy atom. The molecule has 1 aliphatic rings. The Bertz CT molecular complexity index is 405. The lowest BCUT2D eigenvalue weighted by molar-refractivity contribution is 0.0677. The van der Waals surface area contributed by atoms with Crippen LogP contribution in [-0.2, 0) is 0 Å². The Morgan fingerprint density at radius 1 is 1.59 bits per heavy atom. The van der Waals surface area contributed by atoms with Crippen molar-refractivity contribution in [2.75, 3.05) is 20.3 Å². The Balaban J connectivity index is 2.18. The second kappa shape index (κ2) is 5.19. The van der Waals surface area contributed by atoms with Gasteiger partial charge in [-0.1, -0.05) is 6.07 Å². The zero-order chi connectivity index (χ0) is 12.3. The summed E-state index contributed by atoms with van der Waals surface area (Å²) in [5.41, 5.74) is 0.615. The molecule has 1 N–H and O–H groups in total. The molecule has 4 nitrogen and oxygen atoms in total. The van der Waals surface area contributed by atoms with Gasteiger partial charge in [-0.15, -0.1) is 0 Å². The summed E-state index contributed by atoms with van der Waals surface area (Å²) in [5, 5.41) is 9.21. The molecule has 1 saturated heterocycles. The smallest absolute Gasteiger partial charge is 0.254 e. The van der Waals surface area contributed by atoms with Crippen LogP contribution >= 0.6 is 0 Å². The Hall–Kier alpha value is -1.55. The van der Waals surface area contributed by atoms with Crippen LogP contribution in [0.1, 0.15) is 23.2 Å². The fraction of sp³-hybridized carbons (Fsp3) is 0.462. The first-order chi connectivity index (χ1) is 8.26. The van der Waals surface area contributed by atoms with Gasteiger partial charge in [0.25, 0.3) is 5.91 Å². The molecule has 0 radical (unpaired) electrons. The van der Waals surface area contributed by atoms with Gasteiger partial charge in [0.15, 0.2) is 0 Å². The van der Waals surface area contributed by atoms with E-state index in [1.54, 1.807) is 30.2 Å². The minimum Gasteiger partial charge on any atom is -0.497 e. The number of carbonyl (C=O) groups is 1. The third-order valence-corrected chi connectivity index (χ3v) is 3.17. The van der Waals surface area contributed by atoms with E-state index in [1.807, 2.05) is 6.07 Å². The highest BCUT2D eigenvalue weighted by atomic mass is 16.5. The summed E-state index contributed by atoms with van der Waals surface area (Å²) in [7, 11) is 1.58. The third-order valence-electron chi connectivity index (χ3n) is 3.17. The number of aliphatic hydroxyl groups excluding tert-OH is 1. The van der Waals surface area contributed by atoms with Crippen molar-refractivity contribution in [2.24, 2.45) is 0 Å². The van der Waals surface area contributed by atoms with Gasteiger partial charge in [-0.05, 0) is 31.0 Å². The summed E-state index contributed by atoms with van der Waals surface area (Å²) in [4.78, 5) is 14.0. The zero-order valence-corrected chi connectivity index (χ0v) is 9.93. The first-order valence-corrected chi connectivity index (χ1v) is 5.82. The molecule has 1 aliphatic heterocycles. The Kier molecular flexibility index (Phi) is 3.64. The van der Waals surface area contributed by atoms with Crippen LogP contribution in [0.15, 0.2) is 24.3 Å². The molecule has 0 unspecified atom stereocenters. The molecule has 1 fully saturated rings. The fourth-order valence-corrected chi connectivity index (χ4v) is 2.21. The number of rotatable bonds is 3. The first kappa shape index (κ1) is 11.9. The van der Waals surface area contributed by atoms with E-state index in [9.17, 15) is 9.90 Å². The normalized spacial score (nSPS) is 19.4. The lowest BCUT2D eigenvalue weighted by atomic mass is 10.1. The minimum absolute atomic E-state index is 0.0274. The van der Waals surface area contributed by atoms with E-state index in [1.165, 1.54) is 0 Å². The Morgan fingerprint density at radius 3 is 3.12 bits per heavy atom. The van der Waals surface area contributed by atoms with Crippen LogP contribution in [0.4, 0.5) is 0 Å². The summed E-state index contributed by atoms with van der Waals surface area (Å²) in [6, 6.07) is 7.08. The van der Waals surface area contributed by atoms with Crippen molar-refractivity contribution < 1.29 is 14.6 Å². The molecule has 1 aromatic carbocycles. The number of hydrogen-bond donors (Lipinski definition) is 1. The first-order valence-electron chi connectivity index (χ1n) is 5.82. The summed E-state index contributed by atoms with van der Waals surface area (Å²) in [6.07, 6.45) is 1.84. The van der Waals surface area contributed by atoms with Crippen molar-refractivity contribution in [3.8, 4) is 5.75 Å².